The van der Waals surface area contributed by atoms with Crippen molar-refractivity contribution in [1.29, 1.82) is 0 Å². The van der Waals surface area contributed by atoms with Crippen LogP contribution in [0.5, 0.6) is 0 Å². The second-order valence-corrected chi connectivity index (χ2v) is 7.66. The van der Waals surface area contributed by atoms with Gasteiger partial charge in [0, 0.05) is 23.1 Å². The standard InChI is InChI=1S/C23H18N6OS/c1-15-6-5-9-20(24-15)23-18(16-10-11-19-21(12-16)28-31-27-19)13-29(26-23)14-22(30)25-17-7-3-2-4-8-17/h2-13H,14H2,1H3,(H,25,30). The van der Waals surface area contributed by atoms with Crippen molar-refractivity contribution in [3.63, 3.8) is 0 Å². The van der Waals surface area contributed by atoms with Crippen LogP contribution in [0.2, 0.25) is 0 Å². The van der Waals surface area contributed by atoms with Crippen LogP contribution in [-0.2, 0) is 11.3 Å². The predicted molar refractivity (Wildman–Crippen MR) is 122 cm³/mol. The normalized spacial score (nSPS) is 11.0. The number of fused-ring (bicyclic) bond motifs is 1. The maximum Gasteiger partial charge on any atom is 0.246 e. The number of carbonyl (C=O) groups is 1. The fraction of sp³-hybridized carbons (Fsp3) is 0.0870. The minimum Gasteiger partial charge on any atom is -0.324 e. The van der Waals surface area contributed by atoms with Gasteiger partial charge in [0.1, 0.15) is 23.3 Å². The van der Waals surface area contributed by atoms with Gasteiger partial charge in [-0.25, -0.2) is 0 Å². The number of pyridine rings is 1. The van der Waals surface area contributed by atoms with E-state index in [-0.39, 0.29) is 12.5 Å². The van der Waals surface area contributed by atoms with E-state index in [4.69, 9.17) is 5.10 Å². The summed E-state index contributed by atoms with van der Waals surface area (Å²) in [5.74, 6) is -0.150. The molecule has 0 aliphatic carbocycles. The second-order valence-electron chi connectivity index (χ2n) is 7.14. The number of para-hydroxylation sites is 1. The van der Waals surface area contributed by atoms with Crippen molar-refractivity contribution < 1.29 is 4.79 Å². The number of carbonyl (C=O) groups excluding carboxylic acids is 1. The predicted octanol–water partition coefficient (Wildman–Crippen LogP) is 4.56. The molecule has 2 aromatic carbocycles. The van der Waals surface area contributed by atoms with Gasteiger partial charge in [-0.15, -0.1) is 0 Å². The summed E-state index contributed by atoms with van der Waals surface area (Å²) in [5.41, 5.74) is 6.67. The van der Waals surface area contributed by atoms with Gasteiger partial charge in [0.05, 0.1) is 17.4 Å². The number of anilines is 1. The number of hydrogen-bond acceptors (Lipinski definition) is 6. The molecule has 5 rings (SSSR count). The number of rotatable bonds is 5. The van der Waals surface area contributed by atoms with Gasteiger partial charge in [0.2, 0.25) is 5.91 Å². The van der Waals surface area contributed by atoms with Crippen molar-refractivity contribution in [1.82, 2.24) is 23.5 Å². The van der Waals surface area contributed by atoms with Gasteiger partial charge in [-0.3, -0.25) is 14.5 Å². The molecule has 0 aliphatic heterocycles. The molecule has 31 heavy (non-hydrogen) atoms. The van der Waals surface area contributed by atoms with E-state index in [1.54, 1.807) is 4.68 Å². The van der Waals surface area contributed by atoms with Gasteiger partial charge >= 0.3 is 0 Å². The maximum atomic E-state index is 12.6. The lowest BCUT2D eigenvalue weighted by atomic mass is 10.0. The number of aryl methyl sites for hydroxylation is 1. The van der Waals surface area contributed by atoms with Crippen molar-refractivity contribution in [2.45, 2.75) is 13.5 Å². The second kappa shape index (κ2) is 8.08. The molecule has 8 heteroatoms. The molecule has 3 heterocycles. The minimum atomic E-state index is -0.150. The lowest BCUT2D eigenvalue weighted by Gasteiger charge is -2.04. The molecule has 152 valence electrons. The van der Waals surface area contributed by atoms with Crippen LogP contribution < -0.4 is 5.32 Å². The number of nitrogens with zero attached hydrogens (tertiary/aromatic N) is 5. The molecule has 0 atom stereocenters. The first-order chi connectivity index (χ1) is 15.2. The Morgan fingerprint density at radius 1 is 1.00 bits per heavy atom. The summed E-state index contributed by atoms with van der Waals surface area (Å²) in [6.07, 6.45) is 1.88. The van der Waals surface area contributed by atoms with Gasteiger partial charge < -0.3 is 5.32 Å². The zero-order valence-corrected chi connectivity index (χ0v) is 17.5. The van der Waals surface area contributed by atoms with Crippen molar-refractivity contribution in [3.05, 3.63) is 78.6 Å². The quantitative estimate of drug-likeness (QED) is 0.445. The molecule has 0 unspecified atom stereocenters. The van der Waals surface area contributed by atoms with Gasteiger partial charge in [0.15, 0.2) is 0 Å². The van der Waals surface area contributed by atoms with Crippen LogP contribution in [0.25, 0.3) is 33.5 Å². The van der Waals surface area contributed by atoms with Gasteiger partial charge in [-0.1, -0.05) is 30.3 Å². The molecule has 7 nitrogen and oxygen atoms in total. The first-order valence-electron chi connectivity index (χ1n) is 9.75. The van der Waals surface area contributed by atoms with Gasteiger partial charge in [-0.05, 0) is 48.9 Å². The van der Waals surface area contributed by atoms with Crippen LogP contribution in [0, 0.1) is 6.92 Å². The Kier molecular flexibility index (Phi) is 4.97. The average Bonchev–Trinajstić information content (AvgIpc) is 3.40. The monoisotopic (exact) mass is 426 g/mol. The highest BCUT2D eigenvalue weighted by molar-refractivity contribution is 7.00. The highest BCUT2D eigenvalue weighted by Gasteiger charge is 2.17. The third kappa shape index (κ3) is 4.06. The molecule has 1 N–H and O–H groups in total. The summed E-state index contributed by atoms with van der Waals surface area (Å²) in [4.78, 5) is 17.2. The Morgan fingerprint density at radius 2 is 1.84 bits per heavy atom. The summed E-state index contributed by atoms with van der Waals surface area (Å²) in [6.45, 7) is 2.04. The molecule has 0 bridgehead atoms. The lowest BCUT2D eigenvalue weighted by molar-refractivity contribution is -0.116. The van der Waals surface area contributed by atoms with Gasteiger partial charge in [0.25, 0.3) is 0 Å². The zero-order chi connectivity index (χ0) is 21.2. The van der Waals surface area contributed by atoms with Crippen LogP contribution >= 0.6 is 11.7 Å². The van der Waals surface area contributed by atoms with Crippen LogP contribution in [0.1, 0.15) is 5.69 Å². The Labute approximate surface area is 182 Å². The molecule has 5 aromatic rings. The SMILES string of the molecule is Cc1cccc(-c2nn(CC(=O)Nc3ccccc3)cc2-c2ccc3nsnc3c2)n1. The summed E-state index contributed by atoms with van der Waals surface area (Å²) >= 11 is 1.19. The summed E-state index contributed by atoms with van der Waals surface area (Å²) in [7, 11) is 0. The fourth-order valence-electron chi connectivity index (χ4n) is 3.40. The zero-order valence-electron chi connectivity index (χ0n) is 16.7. The lowest BCUT2D eigenvalue weighted by Crippen LogP contribution is -2.19. The molecular weight excluding hydrogens is 408 g/mol. The third-order valence-electron chi connectivity index (χ3n) is 4.82. The Balaban J connectivity index is 1.52. The van der Waals surface area contributed by atoms with Gasteiger partial charge in [-0.2, -0.15) is 13.8 Å². The maximum absolute atomic E-state index is 12.6. The Bertz CT molecular complexity index is 1380. The molecule has 0 fully saturated rings. The van der Waals surface area contributed by atoms with E-state index in [0.717, 1.165) is 44.9 Å². The largest absolute Gasteiger partial charge is 0.324 e. The van der Waals surface area contributed by atoms with E-state index in [2.05, 4.69) is 19.0 Å². The molecular formula is C23H18N6OS. The topological polar surface area (TPSA) is 85.6 Å². The third-order valence-corrected chi connectivity index (χ3v) is 5.38. The average molecular weight is 427 g/mol. The first kappa shape index (κ1) is 19.1. The van der Waals surface area contributed by atoms with Crippen LogP contribution in [0.15, 0.2) is 72.9 Å². The molecule has 0 aliphatic rings. The van der Waals surface area contributed by atoms with Crippen molar-refractivity contribution in [3.8, 4) is 22.5 Å². The summed E-state index contributed by atoms with van der Waals surface area (Å²) in [5, 5.41) is 7.60. The molecule has 0 radical (unpaired) electrons. The first-order valence-corrected chi connectivity index (χ1v) is 10.5. The number of nitrogens with one attached hydrogen (secondary N) is 1. The van der Waals surface area contributed by atoms with Crippen LogP contribution in [0.3, 0.4) is 0 Å². The van der Waals surface area contributed by atoms with E-state index >= 15 is 0 Å². The van der Waals surface area contributed by atoms with Crippen LogP contribution in [0.4, 0.5) is 5.69 Å². The van der Waals surface area contributed by atoms with E-state index in [1.807, 2.05) is 79.9 Å². The molecule has 0 saturated carbocycles. The Morgan fingerprint density at radius 3 is 2.68 bits per heavy atom. The molecule has 0 saturated heterocycles. The van der Waals surface area contributed by atoms with E-state index in [1.165, 1.54) is 11.7 Å². The van der Waals surface area contributed by atoms with E-state index in [9.17, 15) is 4.79 Å². The molecule has 0 spiro atoms. The van der Waals surface area contributed by atoms with Crippen molar-refractivity contribution in [2.75, 3.05) is 5.32 Å². The number of amides is 1. The number of aromatic nitrogens is 5. The highest BCUT2D eigenvalue weighted by Crippen LogP contribution is 2.32. The van der Waals surface area contributed by atoms with Crippen molar-refractivity contribution >= 4 is 34.4 Å². The molecule has 1 amide bonds. The van der Waals surface area contributed by atoms with E-state index in [0.29, 0.717) is 0 Å². The van der Waals surface area contributed by atoms with Crippen molar-refractivity contribution in [2.24, 2.45) is 0 Å². The Hall–Kier alpha value is -3.91. The number of benzene rings is 2. The smallest absolute Gasteiger partial charge is 0.246 e. The summed E-state index contributed by atoms with van der Waals surface area (Å²) < 4.78 is 10.3. The molecule has 3 aromatic heterocycles. The van der Waals surface area contributed by atoms with E-state index < -0.39 is 0 Å². The number of hydrogen-bond donors (Lipinski definition) is 1. The van der Waals surface area contributed by atoms with Crippen LogP contribution in [-0.4, -0.2) is 29.4 Å². The summed E-state index contributed by atoms with van der Waals surface area (Å²) in [6, 6.07) is 21.1. The fourth-order valence-corrected chi connectivity index (χ4v) is 3.91. The highest BCUT2D eigenvalue weighted by atomic mass is 32.1. The minimum absolute atomic E-state index is 0.0915.